The number of rotatable bonds is 10. The highest BCUT2D eigenvalue weighted by atomic mass is 16.5. The van der Waals surface area contributed by atoms with Crippen molar-refractivity contribution in [1.82, 2.24) is 14.5 Å². The quantitative estimate of drug-likeness (QED) is 0.426. The summed E-state index contributed by atoms with van der Waals surface area (Å²) in [5.41, 5.74) is 3.50. The van der Waals surface area contributed by atoms with Crippen molar-refractivity contribution < 1.29 is 14.2 Å². The van der Waals surface area contributed by atoms with Crippen LogP contribution < -0.4 is 9.47 Å². The van der Waals surface area contributed by atoms with E-state index >= 15 is 0 Å². The Morgan fingerprint density at radius 3 is 2.38 bits per heavy atom. The second-order valence-corrected chi connectivity index (χ2v) is 9.38. The third kappa shape index (κ3) is 6.19. The van der Waals surface area contributed by atoms with E-state index < -0.39 is 0 Å². The fourth-order valence-corrected chi connectivity index (χ4v) is 4.55. The molecule has 2 aromatic carbocycles. The minimum Gasteiger partial charge on any atom is -0.492 e. The Morgan fingerprint density at radius 2 is 1.74 bits per heavy atom. The van der Waals surface area contributed by atoms with Crippen molar-refractivity contribution >= 4 is 0 Å². The maximum atomic E-state index is 6.19. The molecule has 0 aliphatic carbocycles. The van der Waals surface area contributed by atoms with Gasteiger partial charge in [0.25, 0.3) is 0 Å². The molecule has 0 radical (unpaired) electrons. The highest BCUT2D eigenvalue weighted by molar-refractivity contribution is 5.35. The molecule has 6 heteroatoms. The SMILES string of the molecule is COC1(COc2ccc(C)cc2C)CCN(Cc2ccc(OCCn3ccnc3C)cc2)CC1. The number of hydrogen-bond donors (Lipinski definition) is 0. The number of hydrogen-bond acceptors (Lipinski definition) is 5. The van der Waals surface area contributed by atoms with E-state index in [4.69, 9.17) is 14.2 Å². The van der Waals surface area contributed by atoms with Gasteiger partial charge in [0.1, 0.15) is 36.1 Å². The van der Waals surface area contributed by atoms with Crippen molar-refractivity contribution in [3.05, 3.63) is 77.4 Å². The summed E-state index contributed by atoms with van der Waals surface area (Å²) >= 11 is 0. The van der Waals surface area contributed by atoms with Crippen molar-refractivity contribution in [2.45, 2.75) is 52.3 Å². The molecule has 1 aliphatic heterocycles. The standard InChI is InChI=1S/C28H37N3O3/c1-22-5-10-27(23(2)19-22)34-21-28(32-4)11-14-30(15-12-28)20-25-6-8-26(9-7-25)33-18-17-31-16-13-29-24(31)3/h5-10,13,16,19H,11-12,14-15,17-18,20-21H2,1-4H3. The van der Waals surface area contributed by atoms with Crippen LogP contribution in [0, 0.1) is 20.8 Å². The van der Waals surface area contributed by atoms with Crippen LogP contribution in [-0.4, -0.2) is 53.5 Å². The zero-order valence-corrected chi connectivity index (χ0v) is 20.9. The summed E-state index contributed by atoms with van der Waals surface area (Å²) in [5.74, 6) is 2.86. The van der Waals surface area contributed by atoms with Crippen LogP contribution >= 0.6 is 0 Å². The number of ether oxygens (including phenoxy) is 3. The Labute approximate surface area is 203 Å². The first kappa shape index (κ1) is 24.3. The van der Waals surface area contributed by atoms with Crippen LogP contribution in [0.25, 0.3) is 0 Å². The van der Waals surface area contributed by atoms with Crippen LogP contribution in [0.15, 0.2) is 54.9 Å². The third-order valence-corrected chi connectivity index (χ3v) is 6.88. The summed E-state index contributed by atoms with van der Waals surface area (Å²) in [6, 6.07) is 14.8. The number of methoxy groups -OCH3 is 1. The van der Waals surface area contributed by atoms with Gasteiger partial charge in [-0.1, -0.05) is 29.8 Å². The van der Waals surface area contributed by atoms with Crippen LogP contribution in [0.4, 0.5) is 0 Å². The van der Waals surface area contributed by atoms with Gasteiger partial charge in [0.15, 0.2) is 0 Å². The molecule has 2 heterocycles. The smallest absolute Gasteiger partial charge is 0.122 e. The van der Waals surface area contributed by atoms with Crippen molar-refractivity contribution in [2.75, 3.05) is 33.4 Å². The predicted molar refractivity (Wildman–Crippen MR) is 135 cm³/mol. The summed E-state index contributed by atoms with van der Waals surface area (Å²) in [4.78, 5) is 6.73. The second-order valence-electron chi connectivity index (χ2n) is 9.38. The molecule has 0 bridgehead atoms. The zero-order chi connectivity index (χ0) is 24.0. The maximum Gasteiger partial charge on any atom is 0.122 e. The molecule has 3 aromatic rings. The summed E-state index contributed by atoms with van der Waals surface area (Å²) in [7, 11) is 1.81. The first-order valence-electron chi connectivity index (χ1n) is 12.1. The zero-order valence-electron chi connectivity index (χ0n) is 20.9. The molecule has 1 fully saturated rings. The second kappa shape index (κ2) is 11.1. The van der Waals surface area contributed by atoms with E-state index in [0.717, 1.165) is 56.3 Å². The van der Waals surface area contributed by atoms with Gasteiger partial charge >= 0.3 is 0 Å². The molecule has 4 rings (SSSR count). The lowest BCUT2D eigenvalue weighted by molar-refractivity contribution is -0.0840. The van der Waals surface area contributed by atoms with Gasteiger partial charge in [0.2, 0.25) is 0 Å². The molecule has 182 valence electrons. The lowest BCUT2D eigenvalue weighted by Crippen LogP contribution is -2.48. The molecule has 0 unspecified atom stereocenters. The maximum absolute atomic E-state index is 6.19. The molecule has 1 aliphatic rings. The third-order valence-electron chi connectivity index (χ3n) is 6.88. The number of benzene rings is 2. The Morgan fingerprint density at radius 1 is 0.971 bits per heavy atom. The first-order valence-corrected chi connectivity index (χ1v) is 12.1. The number of imidazole rings is 1. The van der Waals surface area contributed by atoms with E-state index in [2.05, 4.69) is 70.8 Å². The van der Waals surface area contributed by atoms with Crippen molar-refractivity contribution in [2.24, 2.45) is 0 Å². The molecule has 0 saturated carbocycles. The molecule has 0 amide bonds. The fourth-order valence-electron chi connectivity index (χ4n) is 4.55. The van der Waals surface area contributed by atoms with E-state index in [1.54, 1.807) is 0 Å². The largest absolute Gasteiger partial charge is 0.492 e. The van der Waals surface area contributed by atoms with Crippen LogP contribution in [0.5, 0.6) is 11.5 Å². The average Bonchev–Trinajstić information content (AvgIpc) is 3.25. The lowest BCUT2D eigenvalue weighted by Gasteiger charge is -2.40. The van der Waals surface area contributed by atoms with E-state index in [1.165, 1.54) is 16.7 Å². The predicted octanol–water partition coefficient (Wildman–Crippen LogP) is 4.95. The van der Waals surface area contributed by atoms with Crippen LogP contribution in [0.1, 0.15) is 35.4 Å². The van der Waals surface area contributed by atoms with Crippen molar-refractivity contribution in [3.8, 4) is 11.5 Å². The number of piperidine rings is 1. The minimum absolute atomic E-state index is 0.223. The summed E-state index contributed by atoms with van der Waals surface area (Å²) in [6.07, 6.45) is 5.72. The Kier molecular flexibility index (Phi) is 7.91. The molecular weight excluding hydrogens is 426 g/mol. The molecule has 34 heavy (non-hydrogen) atoms. The Bertz CT molecular complexity index is 1050. The molecule has 0 N–H and O–H groups in total. The molecule has 6 nitrogen and oxygen atoms in total. The normalized spacial score (nSPS) is 15.9. The van der Waals surface area contributed by atoms with E-state index in [0.29, 0.717) is 13.2 Å². The molecule has 1 aromatic heterocycles. The highest BCUT2D eigenvalue weighted by Gasteiger charge is 2.35. The van der Waals surface area contributed by atoms with Gasteiger partial charge < -0.3 is 18.8 Å². The van der Waals surface area contributed by atoms with Gasteiger partial charge in [-0.3, -0.25) is 4.90 Å². The lowest BCUT2D eigenvalue weighted by atomic mass is 9.91. The van der Waals surface area contributed by atoms with Gasteiger partial charge in [0.05, 0.1) is 6.54 Å². The topological polar surface area (TPSA) is 48.8 Å². The summed E-state index contributed by atoms with van der Waals surface area (Å²) in [6.45, 7) is 11.2. The molecular formula is C28H37N3O3. The summed E-state index contributed by atoms with van der Waals surface area (Å²) < 4.78 is 20.2. The Balaban J connectivity index is 1.23. The van der Waals surface area contributed by atoms with Gasteiger partial charge in [-0.15, -0.1) is 0 Å². The van der Waals surface area contributed by atoms with E-state index in [1.807, 2.05) is 26.4 Å². The van der Waals surface area contributed by atoms with Gasteiger partial charge in [-0.25, -0.2) is 4.98 Å². The van der Waals surface area contributed by atoms with E-state index in [-0.39, 0.29) is 5.60 Å². The van der Waals surface area contributed by atoms with E-state index in [9.17, 15) is 0 Å². The fraction of sp³-hybridized carbons (Fsp3) is 0.464. The number of nitrogens with zero attached hydrogens (tertiary/aromatic N) is 3. The van der Waals surface area contributed by atoms with Crippen molar-refractivity contribution in [3.63, 3.8) is 0 Å². The Hall–Kier alpha value is -2.83. The summed E-state index contributed by atoms with van der Waals surface area (Å²) in [5, 5.41) is 0. The monoisotopic (exact) mass is 463 g/mol. The average molecular weight is 464 g/mol. The number of aryl methyl sites for hydroxylation is 3. The number of aromatic nitrogens is 2. The van der Waals surface area contributed by atoms with Crippen LogP contribution in [0.3, 0.4) is 0 Å². The molecule has 0 spiro atoms. The van der Waals surface area contributed by atoms with Gasteiger partial charge in [-0.05, 0) is 62.9 Å². The minimum atomic E-state index is -0.223. The van der Waals surface area contributed by atoms with Crippen molar-refractivity contribution in [1.29, 1.82) is 0 Å². The number of likely N-dealkylation sites (tertiary alicyclic amines) is 1. The van der Waals surface area contributed by atoms with Gasteiger partial charge in [-0.2, -0.15) is 0 Å². The highest BCUT2D eigenvalue weighted by Crippen LogP contribution is 2.29. The van der Waals surface area contributed by atoms with Crippen LogP contribution in [-0.2, 0) is 17.8 Å². The first-order chi connectivity index (χ1) is 16.5. The molecule has 0 atom stereocenters. The van der Waals surface area contributed by atoms with Crippen LogP contribution in [0.2, 0.25) is 0 Å². The van der Waals surface area contributed by atoms with Gasteiger partial charge in [0, 0.05) is 39.1 Å². The molecule has 1 saturated heterocycles.